The molecular weight excluding hydrogens is 330 g/mol. The van der Waals surface area contributed by atoms with Crippen molar-refractivity contribution in [2.45, 2.75) is 27.2 Å². The van der Waals surface area contributed by atoms with Crippen molar-refractivity contribution in [1.82, 2.24) is 9.88 Å². The Balaban J connectivity index is 2.18. The molecule has 3 aromatic rings. The first-order chi connectivity index (χ1) is 13.3. The van der Waals surface area contributed by atoms with E-state index in [1.807, 2.05) is 18.2 Å². The van der Waals surface area contributed by atoms with Gasteiger partial charge in [-0.3, -0.25) is 0 Å². The molecule has 1 N–H and O–H groups in total. The third kappa shape index (κ3) is 4.43. The van der Waals surface area contributed by atoms with Gasteiger partial charge in [0.2, 0.25) is 0 Å². The molecule has 0 aliphatic heterocycles. The highest BCUT2D eigenvalue weighted by Gasteiger charge is 2.21. The summed E-state index contributed by atoms with van der Waals surface area (Å²) in [5.74, 6) is 0.894. The molecule has 0 fully saturated rings. The first kappa shape index (κ1) is 18.8. The van der Waals surface area contributed by atoms with E-state index in [1.54, 1.807) is 0 Å². The molecule has 2 aromatic carbocycles. The number of hydrogen-bond acceptors (Lipinski definition) is 2. The smallest absolute Gasteiger partial charge is 0.329 e. The Kier molecular flexibility index (Phi) is 6.37. The molecule has 0 unspecified atom stereocenters. The topological polar surface area (TPSA) is 30.3 Å². The van der Waals surface area contributed by atoms with Crippen LogP contribution in [0.3, 0.4) is 0 Å². The Morgan fingerprint density at radius 3 is 2.00 bits per heavy atom. The van der Waals surface area contributed by atoms with Crippen LogP contribution in [0, 0.1) is 0 Å². The highest BCUT2D eigenvalue weighted by Crippen LogP contribution is 2.25. The highest BCUT2D eigenvalue weighted by atomic mass is 15.1. The van der Waals surface area contributed by atoms with Crippen molar-refractivity contribution in [3.63, 3.8) is 0 Å². The van der Waals surface area contributed by atoms with Crippen LogP contribution in [0.15, 0.2) is 66.9 Å². The molecule has 1 heterocycles. The first-order valence-corrected chi connectivity index (χ1v) is 9.76. The van der Waals surface area contributed by atoms with Gasteiger partial charge in [0.15, 0.2) is 5.69 Å². The fourth-order valence-corrected chi connectivity index (χ4v) is 3.23. The predicted molar refractivity (Wildman–Crippen MR) is 113 cm³/mol. The lowest BCUT2D eigenvalue weighted by atomic mass is 10.0. The molecule has 0 spiro atoms. The number of hydrogen-bond donors (Lipinski definition) is 0. The summed E-state index contributed by atoms with van der Waals surface area (Å²) in [5, 5.41) is 0. The molecule has 0 aliphatic rings. The maximum atomic E-state index is 4.97. The fourth-order valence-electron chi connectivity index (χ4n) is 3.23. The minimum absolute atomic E-state index is 0.894. The molecule has 0 saturated heterocycles. The first-order valence-electron chi connectivity index (χ1n) is 9.76. The number of aromatic amines is 1. The normalized spacial score (nSPS) is 11.1. The monoisotopic (exact) mass is 358 g/mol. The van der Waals surface area contributed by atoms with E-state index in [0.717, 1.165) is 42.3 Å². The number of rotatable bonds is 7. The lowest BCUT2D eigenvalue weighted by Gasteiger charge is -2.14. The van der Waals surface area contributed by atoms with Gasteiger partial charge < -0.3 is 4.90 Å². The van der Waals surface area contributed by atoms with Crippen molar-refractivity contribution in [1.29, 1.82) is 0 Å². The summed E-state index contributed by atoms with van der Waals surface area (Å²) in [7, 11) is 0. The molecule has 3 heteroatoms. The van der Waals surface area contributed by atoms with Gasteiger partial charge in [-0.25, -0.2) is 4.98 Å². The average Bonchev–Trinajstić information content (AvgIpc) is 2.75. The summed E-state index contributed by atoms with van der Waals surface area (Å²) in [6.45, 7) is 8.51. The van der Waals surface area contributed by atoms with Crippen LogP contribution in [0.2, 0.25) is 0 Å². The van der Waals surface area contributed by atoms with Crippen molar-refractivity contribution in [3.8, 4) is 22.6 Å². The number of H-pyrrole nitrogens is 1. The second-order valence-electron chi connectivity index (χ2n) is 6.45. The Morgan fingerprint density at radius 1 is 0.852 bits per heavy atom. The van der Waals surface area contributed by atoms with Crippen molar-refractivity contribution in [2.75, 3.05) is 13.1 Å². The van der Waals surface area contributed by atoms with Crippen LogP contribution < -0.4 is 4.98 Å². The van der Waals surface area contributed by atoms with Gasteiger partial charge in [0.25, 0.3) is 0 Å². The second kappa shape index (κ2) is 9.13. The van der Waals surface area contributed by atoms with Crippen LogP contribution in [0.5, 0.6) is 0 Å². The zero-order valence-electron chi connectivity index (χ0n) is 16.4. The van der Waals surface area contributed by atoms with Gasteiger partial charge in [-0.2, -0.15) is 0 Å². The van der Waals surface area contributed by atoms with Crippen LogP contribution in [0.1, 0.15) is 32.0 Å². The van der Waals surface area contributed by atoms with Gasteiger partial charge in [-0.1, -0.05) is 55.5 Å². The minimum Gasteiger partial charge on any atom is -0.378 e. The van der Waals surface area contributed by atoms with Crippen LogP contribution >= 0.6 is 0 Å². The van der Waals surface area contributed by atoms with Crippen molar-refractivity contribution < 1.29 is 4.98 Å². The molecule has 27 heavy (non-hydrogen) atoms. The van der Waals surface area contributed by atoms with E-state index in [1.165, 1.54) is 11.1 Å². The lowest BCUT2D eigenvalue weighted by Crippen LogP contribution is -2.19. The van der Waals surface area contributed by atoms with E-state index in [0.29, 0.717) is 0 Å². The van der Waals surface area contributed by atoms with Crippen LogP contribution in [0.4, 0.5) is 0 Å². The van der Waals surface area contributed by atoms with Gasteiger partial charge in [-0.15, -0.1) is 0 Å². The SMILES string of the molecule is CCc1c(/C=C/N(CC)CC)nc(-c2ccccc2)[nH+]c1-c1ccccc1. The molecular formula is C24H28N3+. The summed E-state index contributed by atoms with van der Waals surface area (Å²) >= 11 is 0. The number of nitrogens with one attached hydrogen (secondary N) is 1. The average molecular weight is 359 g/mol. The molecule has 3 nitrogen and oxygen atoms in total. The van der Waals surface area contributed by atoms with Crippen molar-refractivity contribution in [3.05, 3.63) is 78.1 Å². The Bertz CT molecular complexity index is 882. The second-order valence-corrected chi connectivity index (χ2v) is 6.45. The van der Waals surface area contributed by atoms with E-state index in [2.05, 4.69) is 85.4 Å². The molecule has 0 atom stereocenters. The number of benzene rings is 2. The molecule has 0 radical (unpaired) electrons. The number of nitrogens with zero attached hydrogens (tertiary/aromatic N) is 2. The molecule has 1 aromatic heterocycles. The fraction of sp³-hybridized carbons (Fsp3) is 0.250. The maximum Gasteiger partial charge on any atom is 0.329 e. The van der Waals surface area contributed by atoms with Crippen LogP contribution in [0.25, 0.3) is 28.7 Å². The van der Waals surface area contributed by atoms with E-state index >= 15 is 0 Å². The zero-order chi connectivity index (χ0) is 19.1. The summed E-state index contributed by atoms with van der Waals surface area (Å²) in [4.78, 5) is 10.8. The molecule has 0 amide bonds. The van der Waals surface area contributed by atoms with Crippen LogP contribution in [-0.2, 0) is 6.42 Å². The van der Waals surface area contributed by atoms with Crippen LogP contribution in [-0.4, -0.2) is 23.0 Å². The quantitative estimate of drug-likeness (QED) is 0.588. The number of aromatic nitrogens is 2. The van der Waals surface area contributed by atoms with Crippen molar-refractivity contribution in [2.24, 2.45) is 0 Å². The maximum absolute atomic E-state index is 4.97. The standard InChI is InChI=1S/C24H27N3/c1-4-21-22(17-18-27(5-2)6-3)25-24(20-15-11-8-12-16-20)26-23(21)19-13-9-7-10-14-19/h7-18H,4-6H2,1-3H3/p+1/b18-17+. The lowest BCUT2D eigenvalue weighted by molar-refractivity contribution is -0.356. The Labute approximate surface area is 162 Å². The van der Waals surface area contributed by atoms with E-state index in [4.69, 9.17) is 4.98 Å². The molecule has 0 aliphatic carbocycles. The summed E-state index contributed by atoms with van der Waals surface area (Å²) in [5.41, 5.74) is 5.69. The molecule has 3 rings (SSSR count). The molecule has 0 bridgehead atoms. The zero-order valence-corrected chi connectivity index (χ0v) is 16.4. The molecule has 0 saturated carbocycles. The van der Waals surface area contributed by atoms with Gasteiger partial charge >= 0.3 is 5.82 Å². The van der Waals surface area contributed by atoms with E-state index in [-0.39, 0.29) is 0 Å². The third-order valence-corrected chi connectivity index (χ3v) is 4.81. The van der Waals surface area contributed by atoms with Gasteiger partial charge in [0, 0.05) is 30.9 Å². The summed E-state index contributed by atoms with van der Waals surface area (Å²) < 4.78 is 0. The summed E-state index contributed by atoms with van der Waals surface area (Å²) in [6, 6.07) is 20.8. The third-order valence-electron chi connectivity index (χ3n) is 4.81. The van der Waals surface area contributed by atoms with Gasteiger partial charge in [-0.05, 0) is 37.4 Å². The highest BCUT2D eigenvalue weighted by molar-refractivity contribution is 5.67. The summed E-state index contributed by atoms with van der Waals surface area (Å²) in [6.07, 6.45) is 5.23. The Hall–Kier alpha value is -2.94. The van der Waals surface area contributed by atoms with E-state index < -0.39 is 0 Å². The molecule has 138 valence electrons. The van der Waals surface area contributed by atoms with Crippen molar-refractivity contribution >= 4 is 6.08 Å². The van der Waals surface area contributed by atoms with Gasteiger partial charge in [0.05, 0.1) is 11.1 Å². The largest absolute Gasteiger partial charge is 0.378 e. The predicted octanol–water partition coefficient (Wildman–Crippen LogP) is 5.10. The van der Waals surface area contributed by atoms with Gasteiger partial charge in [0.1, 0.15) is 5.69 Å². The van der Waals surface area contributed by atoms with E-state index in [9.17, 15) is 0 Å². The minimum atomic E-state index is 0.894. The Morgan fingerprint density at radius 2 is 1.44 bits per heavy atom.